The van der Waals surface area contributed by atoms with Gasteiger partial charge < -0.3 is 5.11 Å². The van der Waals surface area contributed by atoms with Gasteiger partial charge in [-0.2, -0.15) is 0 Å². The summed E-state index contributed by atoms with van der Waals surface area (Å²) in [6.45, 7) is 6.25. The number of aryl methyl sites for hydroxylation is 1. The smallest absolute Gasteiger partial charge is 0.140 e. The lowest BCUT2D eigenvalue weighted by atomic mass is 9.87. The molecule has 1 N–H and O–H groups in total. The quantitative estimate of drug-likeness (QED) is 0.685. The molecule has 0 aromatic heterocycles. The van der Waals surface area contributed by atoms with Gasteiger partial charge in [0.25, 0.3) is 0 Å². The zero-order chi connectivity index (χ0) is 17.3. The zero-order valence-electron chi connectivity index (χ0n) is 14.3. The molecular formula is C21H20BNO. The first-order chi connectivity index (χ1) is 11.5. The second-order valence-electron chi connectivity index (χ2n) is 6.01. The minimum Gasteiger partial charge on any atom is -0.507 e. The maximum Gasteiger partial charge on any atom is 0.140 e. The summed E-state index contributed by atoms with van der Waals surface area (Å²) >= 11 is 0. The van der Waals surface area contributed by atoms with Crippen molar-refractivity contribution in [3.63, 3.8) is 0 Å². The van der Waals surface area contributed by atoms with E-state index in [1.807, 2.05) is 30.3 Å². The maximum absolute atomic E-state index is 10.6. The molecular weight excluding hydrogens is 293 g/mol. The van der Waals surface area contributed by atoms with E-state index in [2.05, 4.69) is 50.6 Å². The predicted octanol–water partition coefficient (Wildman–Crippen LogP) is 3.22. The van der Waals surface area contributed by atoms with E-state index >= 15 is 0 Å². The van der Waals surface area contributed by atoms with Gasteiger partial charge in [0.2, 0.25) is 0 Å². The van der Waals surface area contributed by atoms with E-state index < -0.39 is 0 Å². The molecule has 3 heteroatoms. The Balaban J connectivity index is 1.99. The SMILES string of the molecule is Bc1cccc(C)c1/C=C\C(=C)C1=C(O)c2ccccc2/C1=N\C. The summed E-state index contributed by atoms with van der Waals surface area (Å²) < 4.78 is 0. The molecule has 0 unspecified atom stereocenters. The molecule has 0 saturated heterocycles. The van der Waals surface area contributed by atoms with Gasteiger partial charge in [0, 0.05) is 23.7 Å². The van der Waals surface area contributed by atoms with Gasteiger partial charge in [0.15, 0.2) is 0 Å². The fraction of sp³-hybridized carbons (Fsp3) is 0.0952. The van der Waals surface area contributed by atoms with Gasteiger partial charge in [-0.1, -0.05) is 66.7 Å². The van der Waals surface area contributed by atoms with Crippen LogP contribution in [0.2, 0.25) is 0 Å². The highest BCUT2D eigenvalue weighted by Crippen LogP contribution is 2.35. The monoisotopic (exact) mass is 313 g/mol. The molecule has 118 valence electrons. The van der Waals surface area contributed by atoms with Crippen LogP contribution < -0.4 is 5.46 Å². The highest BCUT2D eigenvalue weighted by atomic mass is 16.3. The van der Waals surface area contributed by atoms with Gasteiger partial charge in [-0.25, -0.2) is 0 Å². The molecule has 0 spiro atoms. The lowest BCUT2D eigenvalue weighted by molar-refractivity contribution is 0.511. The average Bonchev–Trinajstić information content (AvgIpc) is 2.87. The average molecular weight is 313 g/mol. The molecule has 0 amide bonds. The molecule has 3 rings (SSSR count). The van der Waals surface area contributed by atoms with Crippen molar-refractivity contribution in [3.8, 4) is 0 Å². The topological polar surface area (TPSA) is 32.6 Å². The largest absolute Gasteiger partial charge is 0.507 e. The second kappa shape index (κ2) is 6.36. The van der Waals surface area contributed by atoms with Gasteiger partial charge >= 0.3 is 0 Å². The van der Waals surface area contributed by atoms with E-state index in [-0.39, 0.29) is 5.76 Å². The summed E-state index contributed by atoms with van der Waals surface area (Å²) in [6, 6.07) is 14.0. The van der Waals surface area contributed by atoms with Crippen molar-refractivity contribution in [2.45, 2.75) is 6.92 Å². The number of fused-ring (bicyclic) bond motifs is 1. The van der Waals surface area contributed by atoms with Crippen LogP contribution in [-0.2, 0) is 0 Å². The number of hydrogen-bond acceptors (Lipinski definition) is 2. The number of aliphatic imine (C=N–C) groups is 1. The predicted molar refractivity (Wildman–Crippen MR) is 106 cm³/mol. The van der Waals surface area contributed by atoms with Crippen molar-refractivity contribution in [2.75, 3.05) is 7.05 Å². The Morgan fingerprint density at radius 2 is 1.83 bits per heavy atom. The number of nitrogens with zero attached hydrogens (tertiary/aromatic N) is 1. The first-order valence-corrected chi connectivity index (χ1v) is 7.98. The summed E-state index contributed by atoms with van der Waals surface area (Å²) in [6.07, 6.45) is 4.02. The Kier molecular flexibility index (Phi) is 4.26. The van der Waals surface area contributed by atoms with Crippen molar-refractivity contribution in [1.29, 1.82) is 0 Å². The van der Waals surface area contributed by atoms with Crippen LogP contribution in [0.1, 0.15) is 22.3 Å². The summed E-state index contributed by atoms with van der Waals surface area (Å²) in [5.74, 6) is 0.252. The van der Waals surface area contributed by atoms with Crippen LogP contribution in [0.5, 0.6) is 0 Å². The number of benzene rings is 2. The van der Waals surface area contributed by atoms with Gasteiger partial charge in [0.05, 0.1) is 5.71 Å². The standard InChI is InChI=1S/C21H20BNO/c1-13-7-6-10-18(22)15(13)12-11-14(2)19-20(23-3)16-8-4-5-9-17(16)21(19)24/h4-12,24H,2,22H2,1,3H3/b12-11-,23-20+. The van der Waals surface area contributed by atoms with Gasteiger partial charge in [-0.05, 0) is 23.6 Å². The summed E-state index contributed by atoms with van der Waals surface area (Å²) in [5, 5.41) is 10.6. The third-order valence-corrected chi connectivity index (χ3v) is 4.45. The Hall–Kier alpha value is -2.81. The van der Waals surface area contributed by atoms with Crippen LogP contribution in [0, 0.1) is 6.92 Å². The van der Waals surface area contributed by atoms with E-state index in [9.17, 15) is 5.11 Å². The molecule has 0 bridgehead atoms. The molecule has 24 heavy (non-hydrogen) atoms. The fourth-order valence-electron chi connectivity index (χ4n) is 3.17. The Bertz CT molecular complexity index is 899. The van der Waals surface area contributed by atoms with E-state index in [1.165, 1.54) is 16.6 Å². The Morgan fingerprint density at radius 1 is 1.12 bits per heavy atom. The van der Waals surface area contributed by atoms with Crippen LogP contribution in [0.25, 0.3) is 11.8 Å². The second-order valence-corrected chi connectivity index (χ2v) is 6.01. The van der Waals surface area contributed by atoms with Crippen LogP contribution >= 0.6 is 0 Å². The Labute approximate surface area is 144 Å². The normalized spacial score (nSPS) is 15.3. The van der Waals surface area contributed by atoms with Crippen LogP contribution in [0.15, 0.2) is 71.3 Å². The minimum atomic E-state index is 0.252. The molecule has 2 aromatic rings. The lowest BCUT2D eigenvalue weighted by Crippen LogP contribution is -2.08. The highest BCUT2D eigenvalue weighted by molar-refractivity contribution is 6.34. The summed E-state index contributed by atoms with van der Waals surface area (Å²) in [7, 11) is 3.84. The highest BCUT2D eigenvalue weighted by Gasteiger charge is 2.27. The van der Waals surface area contributed by atoms with Crippen LogP contribution in [-0.4, -0.2) is 25.7 Å². The molecule has 0 radical (unpaired) electrons. The molecule has 0 fully saturated rings. The van der Waals surface area contributed by atoms with E-state index in [4.69, 9.17) is 0 Å². The molecule has 0 aliphatic heterocycles. The van der Waals surface area contributed by atoms with E-state index in [0.717, 1.165) is 22.4 Å². The van der Waals surface area contributed by atoms with Gasteiger partial charge in [-0.15, -0.1) is 0 Å². The van der Waals surface area contributed by atoms with Crippen molar-refractivity contribution in [3.05, 3.63) is 88.5 Å². The molecule has 1 aliphatic rings. The van der Waals surface area contributed by atoms with Gasteiger partial charge in [0.1, 0.15) is 13.6 Å². The third kappa shape index (κ3) is 2.63. The molecule has 0 heterocycles. The molecule has 0 atom stereocenters. The van der Waals surface area contributed by atoms with E-state index in [1.54, 1.807) is 7.05 Å². The van der Waals surface area contributed by atoms with Crippen LogP contribution in [0.4, 0.5) is 0 Å². The Morgan fingerprint density at radius 3 is 2.50 bits per heavy atom. The number of rotatable bonds is 3. The number of hydrogen-bond donors (Lipinski definition) is 1. The molecule has 2 aromatic carbocycles. The maximum atomic E-state index is 10.6. The zero-order valence-corrected chi connectivity index (χ0v) is 14.3. The number of aliphatic hydroxyl groups is 1. The van der Waals surface area contributed by atoms with Crippen molar-refractivity contribution in [2.24, 2.45) is 4.99 Å². The molecule has 0 saturated carbocycles. The summed E-state index contributed by atoms with van der Waals surface area (Å²) in [5.41, 5.74) is 7.65. The molecule has 1 aliphatic carbocycles. The van der Waals surface area contributed by atoms with Crippen molar-refractivity contribution < 1.29 is 5.11 Å². The molecule has 2 nitrogen and oxygen atoms in total. The fourth-order valence-corrected chi connectivity index (χ4v) is 3.17. The van der Waals surface area contributed by atoms with Crippen molar-refractivity contribution >= 4 is 30.9 Å². The summed E-state index contributed by atoms with van der Waals surface area (Å²) in [4.78, 5) is 4.38. The first kappa shape index (κ1) is 16.1. The number of allylic oxidation sites excluding steroid dienone is 3. The van der Waals surface area contributed by atoms with E-state index in [0.29, 0.717) is 5.57 Å². The minimum absolute atomic E-state index is 0.252. The van der Waals surface area contributed by atoms with Crippen molar-refractivity contribution in [1.82, 2.24) is 0 Å². The number of aliphatic hydroxyl groups excluding tert-OH is 1. The van der Waals surface area contributed by atoms with Gasteiger partial charge in [-0.3, -0.25) is 4.99 Å². The lowest BCUT2D eigenvalue weighted by Gasteiger charge is -2.07. The van der Waals surface area contributed by atoms with Crippen LogP contribution in [0.3, 0.4) is 0 Å². The first-order valence-electron chi connectivity index (χ1n) is 7.98. The third-order valence-electron chi connectivity index (χ3n) is 4.45.